The Morgan fingerprint density at radius 2 is 1.66 bits per heavy atom. The van der Waals surface area contributed by atoms with E-state index >= 15 is 0 Å². The summed E-state index contributed by atoms with van der Waals surface area (Å²) in [7, 11) is 0. The van der Waals surface area contributed by atoms with Crippen LogP contribution in [-0.4, -0.2) is 9.78 Å². The predicted molar refractivity (Wildman–Crippen MR) is 125 cm³/mol. The predicted octanol–water partition coefficient (Wildman–Crippen LogP) is 6.06. The van der Waals surface area contributed by atoms with Crippen LogP contribution in [-0.2, 0) is 0 Å². The van der Waals surface area contributed by atoms with Gasteiger partial charge in [-0.05, 0) is 29.8 Å². The highest BCUT2D eigenvalue weighted by molar-refractivity contribution is 6.35. The molecule has 0 unspecified atom stereocenters. The van der Waals surface area contributed by atoms with Gasteiger partial charge < -0.3 is 10.5 Å². The molecular formula is C25H16Cl2N4O. The number of nitrogens with two attached hydrogens (primary N) is 1. The Balaban J connectivity index is 1.85. The largest absolute Gasteiger partial charge is 0.422 e. The molecule has 5 nitrogen and oxygen atoms in total. The van der Waals surface area contributed by atoms with Crippen molar-refractivity contribution in [1.29, 1.82) is 5.26 Å². The Bertz CT molecular complexity index is 1390. The van der Waals surface area contributed by atoms with Gasteiger partial charge in [0.1, 0.15) is 17.3 Å². The Labute approximate surface area is 194 Å². The van der Waals surface area contributed by atoms with Gasteiger partial charge >= 0.3 is 0 Å². The molecule has 7 heteroatoms. The van der Waals surface area contributed by atoms with Gasteiger partial charge in [-0.25, -0.2) is 0 Å². The topological polar surface area (TPSA) is 76.9 Å². The van der Waals surface area contributed by atoms with E-state index in [-0.39, 0.29) is 11.5 Å². The molecule has 1 aliphatic heterocycles. The van der Waals surface area contributed by atoms with Crippen LogP contribution < -0.4 is 10.5 Å². The second-order valence-corrected chi connectivity index (χ2v) is 8.12. The Kier molecular flexibility index (Phi) is 5.10. The van der Waals surface area contributed by atoms with Crippen LogP contribution in [0, 0.1) is 11.3 Å². The van der Waals surface area contributed by atoms with Crippen LogP contribution in [0.1, 0.15) is 17.0 Å². The number of aromatic nitrogens is 2. The minimum Gasteiger partial charge on any atom is -0.422 e. The van der Waals surface area contributed by atoms with Crippen molar-refractivity contribution < 1.29 is 4.74 Å². The molecule has 0 spiro atoms. The minimum atomic E-state index is -0.568. The van der Waals surface area contributed by atoms with E-state index in [1.807, 2.05) is 66.7 Å². The van der Waals surface area contributed by atoms with Gasteiger partial charge in [-0.3, -0.25) is 0 Å². The van der Waals surface area contributed by atoms with E-state index in [1.165, 1.54) is 0 Å². The van der Waals surface area contributed by atoms with E-state index in [0.717, 1.165) is 16.8 Å². The van der Waals surface area contributed by atoms with Gasteiger partial charge in [0, 0.05) is 15.6 Å². The number of benzene rings is 3. The Morgan fingerprint density at radius 1 is 0.969 bits per heavy atom. The number of nitriles is 1. The number of rotatable bonds is 3. The summed E-state index contributed by atoms with van der Waals surface area (Å²) in [6.45, 7) is 0. The van der Waals surface area contributed by atoms with E-state index in [0.29, 0.717) is 27.2 Å². The first-order chi connectivity index (χ1) is 15.6. The van der Waals surface area contributed by atoms with E-state index in [1.54, 1.807) is 16.8 Å². The molecule has 0 bridgehead atoms. The molecule has 0 saturated heterocycles. The molecule has 2 heterocycles. The molecule has 0 aliphatic carbocycles. The highest BCUT2D eigenvalue weighted by Gasteiger charge is 2.38. The number of hydrogen-bond donors (Lipinski definition) is 1. The lowest BCUT2D eigenvalue weighted by atomic mass is 9.83. The van der Waals surface area contributed by atoms with Gasteiger partial charge in [-0.15, -0.1) is 0 Å². The van der Waals surface area contributed by atoms with Crippen LogP contribution in [0.2, 0.25) is 10.0 Å². The smallest absolute Gasteiger partial charge is 0.229 e. The van der Waals surface area contributed by atoms with Crippen LogP contribution in [0.3, 0.4) is 0 Å². The van der Waals surface area contributed by atoms with Crippen molar-refractivity contribution in [2.45, 2.75) is 5.92 Å². The summed E-state index contributed by atoms with van der Waals surface area (Å²) in [6, 6.07) is 26.8. The molecule has 1 aliphatic rings. The van der Waals surface area contributed by atoms with Gasteiger partial charge in [0.25, 0.3) is 0 Å². The molecule has 1 atom stereocenters. The summed E-state index contributed by atoms with van der Waals surface area (Å²) in [5.41, 5.74) is 10.3. The van der Waals surface area contributed by atoms with Crippen LogP contribution >= 0.6 is 23.2 Å². The Hall–Kier alpha value is -3.72. The second kappa shape index (κ2) is 8.08. The number of para-hydroxylation sites is 1. The standard InChI is InChI=1S/C25H16Cl2N4O/c26-16-11-12-18(20(27)13-16)21-19(14-28)24(29)32-25-22(21)23(15-7-3-1-4-8-15)30-31(25)17-9-5-2-6-10-17/h1-13,21H,29H2/t21-/m1/s1. The van der Waals surface area contributed by atoms with E-state index in [2.05, 4.69) is 6.07 Å². The molecular weight excluding hydrogens is 443 g/mol. The SMILES string of the molecule is N#CC1=C(N)Oc2c(c(-c3ccccc3)nn2-c2ccccc2)[C@@H]1c1ccc(Cl)cc1Cl. The first-order valence-corrected chi connectivity index (χ1v) is 10.6. The number of halogens is 2. The summed E-state index contributed by atoms with van der Waals surface area (Å²) in [6.07, 6.45) is 0. The highest BCUT2D eigenvalue weighted by atomic mass is 35.5. The molecule has 2 N–H and O–H groups in total. The zero-order chi connectivity index (χ0) is 22.2. The molecule has 0 amide bonds. The summed E-state index contributed by atoms with van der Waals surface area (Å²) < 4.78 is 7.71. The summed E-state index contributed by atoms with van der Waals surface area (Å²) in [5.74, 6) is -0.100. The molecule has 32 heavy (non-hydrogen) atoms. The normalized spacial score (nSPS) is 15.1. The monoisotopic (exact) mass is 458 g/mol. The maximum atomic E-state index is 9.99. The molecule has 156 valence electrons. The quantitative estimate of drug-likeness (QED) is 0.404. The lowest BCUT2D eigenvalue weighted by Gasteiger charge is -2.26. The molecule has 5 rings (SSSR count). The van der Waals surface area contributed by atoms with E-state index in [9.17, 15) is 5.26 Å². The summed E-state index contributed by atoms with van der Waals surface area (Å²) >= 11 is 12.7. The fourth-order valence-corrected chi connectivity index (χ4v) is 4.46. The van der Waals surface area contributed by atoms with Crippen LogP contribution in [0.4, 0.5) is 0 Å². The van der Waals surface area contributed by atoms with Gasteiger partial charge in [0.2, 0.25) is 11.8 Å². The molecule has 3 aromatic carbocycles. The first-order valence-electron chi connectivity index (χ1n) is 9.84. The van der Waals surface area contributed by atoms with Crippen molar-refractivity contribution in [2.75, 3.05) is 0 Å². The maximum absolute atomic E-state index is 9.99. The number of nitrogens with zero attached hydrogens (tertiary/aromatic N) is 3. The minimum absolute atomic E-state index is 0.0210. The third-order valence-corrected chi connectivity index (χ3v) is 5.93. The van der Waals surface area contributed by atoms with Crippen molar-refractivity contribution in [3.63, 3.8) is 0 Å². The number of hydrogen-bond acceptors (Lipinski definition) is 4. The lowest BCUT2D eigenvalue weighted by molar-refractivity contribution is 0.367. The second-order valence-electron chi connectivity index (χ2n) is 7.27. The zero-order valence-corrected chi connectivity index (χ0v) is 18.2. The third-order valence-electron chi connectivity index (χ3n) is 5.37. The lowest BCUT2D eigenvalue weighted by Crippen LogP contribution is -2.22. The van der Waals surface area contributed by atoms with Crippen molar-refractivity contribution in [1.82, 2.24) is 9.78 Å². The number of fused-ring (bicyclic) bond motifs is 1. The Morgan fingerprint density at radius 3 is 2.31 bits per heavy atom. The molecule has 0 radical (unpaired) electrons. The summed E-state index contributed by atoms with van der Waals surface area (Å²) in [5, 5.41) is 15.8. The average molecular weight is 459 g/mol. The highest BCUT2D eigenvalue weighted by Crippen LogP contribution is 2.49. The molecule has 0 fully saturated rings. The van der Waals surface area contributed by atoms with Gasteiger partial charge in [-0.2, -0.15) is 15.0 Å². The fourth-order valence-electron chi connectivity index (χ4n) is 3.94. The van der Waals surface area contributed by atoms with Crippen LogP contribution in [0.15, 0.2) is 90.3 Å². The van der Waals surface area contributed by atoms with Gasteiger partial charge in [0.05, 0.1) is 17.2 Å². The van der Waals surface area contributed by atoms with Crippen LogP contribution in [0.5, 0.6) is 5.88 Å². The average Bonchev–Trinajstić information content (AvgIpc) is 3.18. The van der Waals surface area contributed by atoms with E-state index < -0.39 is 5.92 Å². The van der Waals surface area contributed by atoms with Crippen molar-refractivity contribution in [3.8, 4) is 28.9 Å². The third kappa shape index (κ3) is 3.31. The molecule has 1 aromatic heterocycles. The van der Waals surface area contributed by atoms with Crippen LogP contribution in [0.25, 0.3) is 16.9 Å². The molecule has 4 aromatic rings. The van der Waals surface area contributed by atoms with Crippen molar-refractivity contribution in [3.05, 3.63) is 111 Å². The molecule has 0 saturated carbocycles. The van der Waals surface area contributed by atoms with Gasteiger partial charge in [-0.1, -0.05) is 77.8 Å². The van der Waals surface area contributed by atoms with Gasteiger partial charge in [0.15, 0.2) is 0 Å². The number of ether oxygens (including phenoxy) is 1. The van der Waals surface area contributed by atoms with Crippen molar-refractivity contribution in [2.24, 2.45) is 5.73 Å². The zero-order valence-electron chi connectivity index (χ0n) is 16.7. The van der Waals surface area contributed by atoms with E-state index in [4.69, 9.17) is 38.8 Å². The first kappa shape index (κ1) is 20.2. The fraction of sp³-hybridized carbons (Fsp3) is 0.0400. The maximum Gasteiger partial charge on any atom is 0.229 e. The number of allylic oxidation sites excluding steroid dienone is 1. The summed E-state index contributed by atoms with van der Waals surface area (Å²) in [4.78, 5) is 0. The van der Waals surface area contributed by atoms with Crippen molar-refractivity contribution >= 4 is 23.2 Å².